The van der Waals surface area contributed by atoms with Crippen LogP contribution in [0.25, 0.3) is 0 Å². The number of rotatable bonds is 6. The second kappa shape index (κ2) is 7.44. The number of hydrogen-bond acceptors (Lipinski definition) is 2. The van der Waals surface area contributed by atoms with Crippen LogP contribution in [0.15, 0.2) is 28.7 Å². The van der Waals surface area contributed by atoms with E-state index in [0.717, 1.165) is 17.3 Å². The largest absolute Gasteiger partial charge is 0.462 e. The summed E-state index contributed by atoms with van der Waals surface area (Å²) in [4.78, 5) is 11.6. The van der Waals surface area contributed by atoms with E-state index in [2.05, 4.69) is 22.9 Å². The van der Waals surface area contributed by atoms with E-state index in [4.69, 9.17) is 4.74 Å². The highest BCUT2D eigenvalue weighted by Crippen LogP contribution is 2.12. The molecule has 1 aromatic carbocycles. The molecule has 0 saturated carbocycles. The molecule has 0 fully saturated rings. The van der Waals surface area contributed by atoms with Crippen molar-refractivity contribution >= 4 is 21.9 Å². The monoisotopic (exact) mass is 284 g/mol. The van der Waals surface area contributed by atoms with Gasteiger partial charge >= 0.3 is 5.97 Å². The molecule has 16 heavy (non-hydrogen) atoms. The average Bonchev–Trinajstić information content (AvgIpc) is 2.28. The minimum absolute atomic E-state index is 0.238. The third kappa shape index (κ3) is 4.79. The van der Waals surface area contributed by atoms with Gasteiger partial charge in [-0.05, 0) is 24.6 Å². The zero-order valence-electron chi connectivity index (χ0n) is 9.54. The number of carbonyl (C=O) groups excluding carboxylic acids is 1. The zero-order chi connectivity index (χ0) is 11.8. The Morgan fingerprint density at radius 2 is 2.12 bits per heavy atom. The van der Waals surface area contributed by atoms with Crippen molar-refractivity contribution in [1.82, 2.24) is 0 Å². The summed E-state index contributed by atoms with van der Waals surface area (Å²) in [6.07, 6.45) is 4.48. The minimum atomic E-state index is -0.238. The van der Waals surface area contributed by atoms with Gasteiger partial charge in [0.2, 0.25) is 0 Å². The first kappa shape index (κ1) is 13.2. The number of halogens is 1. The molecule has 0 spiro atoms. The molecule has 0 unspecified atom stereocenters. The van der Waals surface area contributed by atoms with E-state index in [1.165, 1.54) is 12.8 Å². The SMILES string of the molecule is CCCCCCOC(=O)c1cccc(Br)c1. The molecule has 0 saturated heterocycles. The lowest BCUT2D eigenvalue weighted by atomic mass is 10.2. The molecule has 0 heterocycles. The average molecular weight is 285 g/mol. The Balaban J connectivity index is 2.30. The molecular weight excluding hydrogens is 268 g/mol. The number of hydrogen-bond donors (Lipinski definition) is 0. The van der Waals surface area contributed by atoms with Gasteiger partial charge in [-0.2, -0.15) is 0 Å². The van der Waals surface area contributed by atoms with Crippen molar-refractivity contribution in [1.29, 1.82) is 0 Å². The summed E-state index contributed by atoms with van der Waals surface area (Å²) in [5.74, 6) is -0.238. The van der Waals surface area contributed by atoms with Gasteiger partial charge in [0.25, 0.3) is 0 Å². The fraction of sp³-hybridized carbons (Fsp3) is 0.462. The van der Waals surface area contributed by atoms with Crippen molar-refractivity contribution in [2.75, 3.05) is 6.61 Å². The van der Waals surface area contributed by atoms with Crippen LogP contribution in [-0.4, -0.2) is 12.6 Å². The van der Waals surface area contributed by atoms with Gasteiger partial charge in [-0.25, -0.2) is 4.79 Å². The van der Waals surface area contributed by atoms with Gasteiger partial charge in [-0.1, -0.05) is 48.2 Å². The van der Waals surface area contributed by atoms with E-state index in [-0.39, 0.29) is 5.97 Å². The molecule has 0 radical (unpaired) electrons. The summed E-state index contributed by atoms with van der Waals surface area (Å²) < 4.78 is 6.07. The van der Waals surface area contributed by atoms with Gasteiger partial charge in [-0.3, -0.25) is 0 Å². The van der Waals surface area contributed by atoms with E-state index in [1.807, 2.05) is 12.1 Å². The predicted octanol–water partition coefficient (Wildman–Crippen LogP) is 4.19. The van der Waals surface area contributed by atoms with Crippen LogP contribution in [0, 0.1) is 0 Å². The predicted molar refractivity (Wildman–Crippen MR) is 68.6 cm³/mol. The molecular formula is C13H17BrO2. The number of benzene rings is 1. The Labute approximate surface area is 105 Å². The molecule has 0 aliphatic heterocycles. The topological polar surface area (TPSA) is 26.3 Å². The maximum Gasteiger partial charge on any atom is 0.338 e. The molecule has 1 aromatic rings. The summed E-state index contributed by atoms with van der Waals surface area (Å²) >= 11 is 3.33. The van der Waals surface area contributed by atoms with Gasteiger partial charge in [0.15, 0.2) is 0 Å². The Morgan fingerprint density at radius 1 is 1.31 bits per heavy atom. The fourth-order valence-electron chi connectivity index (χ4n) is 1.39. The molecule has 0 aliphatic rings. The van der Waals surface area contributed by atoms with Crippen LogP contribution in [0.3, 0.4) is 0 Å². The first-order chi connectivity index (χ1) is 7.74. The smallest absolute Gasteiger partial charge is 0.338 e. The lowest BCUT2D eigenvalue weighted by Gasteiger charge is -2.04. The van der Waals surface area contributed by atoms with Crippen molar-refractivity contribution in [3.63, 3.8) is 0 Å². The van der Waals surface area contributed by atoms with E-state index in [1.54, 1.807) is 12.1 Å². The Kier molecular flexibility index (Phi) is 6.16. The van der Waals surface area contributed by atoms with Gasteiger partial charge in [0.1, 0.15) is 0 Å². The van der Waals surface area contributed by atoms with Crippen LogP contribution >= 0.6 is 15.9 Å². The normalized spacial score (nSPS) is 10.1. The van der Waals surface area contributed by atoms with E-state index in [9.17, 15) is 4.79 Å². The Bertz CT molecular complexity index is 336. The first-order valence-corrected chi connectivity index (χ1v) is 6.46. The summed E-state index contributed by atoms with van der Waals surface area (Å²) in [5, 5.41) is 0. The van der Waals surface area contributed by atoms with Crippen LogP contribution in [0.2, 0.25) is 0 Å². The van der Waals surface area contributed by atoms with E-state index >= 15 is 0 Å². The highest BCUT2D eigenvalue weighted by Gasteiger charge is 2.06. The maximum absolute atomic E-state index is 11.6. The number of carbonyl (C=O) groups is 1. The molecule has 0 N–H and O–H groups in total. The van der Waals surface area contributed by atoms with Gasteiger partial charge in [0, 0.05) is 4.47 Å². The van der Waals surface area contributed by atoms with Crippen LogP contribution in [0.1, 0.15) is 43.0 Å². The van der Waals surface area contributed by atoms with E-state index in [0.29, 0.717) is 12.2 Å². The molecule has 88 valence electrons. The molecule has 2 nitrogen and oxygen atoms in total. The standard InChI is InChI=1S/C13H17BrO2/c1-2-3-4-5-9-16-13(15)11-7-6-8-12(14)10-11/h6-8,10H,2-5,9H2,1H3. The van der Waals surface area contributed by atoms with Crippen LogP contribution < -0.4 is 0 Å². The zero-order valence-corrected chi connectivity index (χ0v) is 11.1. The third-order valence-corrected chi connectivity index (χ3v) is 2.78. The molecule has 1 rings (SSSR count). The van der Waals surface area contributed by atoms with Crippen LogP contribution in [-0.2, 0) is 4.74 Å². The summed E-state index contributed by atoms with van der Waals surface area (Å²) in [5.41, 5.74) is 0.602. The van der Waals surface area contributed by atoms with Crippen molar-refractivity contribution in [2.24, 2.45) is 0 Å². The second-order valence-electron chi connectivity index (χ2n) is 3.71. The minimum Gasteiger partial charge on any atom is -0.462 e. The highest BCUT2D eigenvalue weighted by atomic mass is 79.9. The Hall–Kier alpha value is -0.830. The van der Waals surface area contributed by atoms with Crippen molar-refractivity contribution in [2.45, 2.75) is 32.6 Å². The van der Waals surface area contributed by atoms with Crippen molar-refractivity contribution in [3.8, 4) is 0 Å². The summed E-state index contributed by atoms with van der Waals surface area (Å²) in [7, 11) is 0. The highest BCUT2D eigenvalue weighted by molar-refractivity contribution is 9.10. The van der Waals surface area contributed by atoms with E-state index < -0.39 is 0 Å². The van der Waals surface area contributed by atoms with Gasteiger partial charge in [-0.15, -0.1) is 0 Å². The number of ether oxygens (including phenoxy) is 1. The molecule has 0 bridgehead atoms. The fourth-order valence-corrected chi connectivity index (χ4v) is 1.79. The summed E-state index contributed by atoms with van der Waals surface area (Å²) in [6.45, 7) is 2.68. The molecule has 0 amide bonds. The maximum atomic E-state index is 11.6. The number of esters is 1. The van der Waals surface area contributed by atoms with Crippen molar-refractivity contribution in [3.05, 3.63) is 34.3 Å². The summed E-state index contributed by atoms with van der Waals surface area (Å²) in [6, 6.07) is 7.25. The quantitative estimate of drug-likeness (QED) is 0.578. The van der Waals surface area contributed by atoms with Gasteiger partial charge in [0.05, 0.1) is 12.2 Å². The number of unbranched alkanes of at least 4 members (excludes halogenated alkanes) is 3. The lowest BCUT2D eigenvalue weighted by molar-refractivity contribution is 0.0497. The molecule has 0 atom stereocenters. The molecule has 0 aliphatic carbocycles. The van der Waals surface area contributed by atoms with Crippen LogP contribution in [0.5, 0.6) is 0 Å². The second-order valence-corrected chi connectivity index (χ2v) is 4.62. The molecule has 3 heteroatoms. The van der Waals surface area contributed by atoms with Crippen molar-refractivity contribution < 1.29 is 9.53 Å². The molecule has 0 aromatic heterocycles. The lowest BCUT2D eigenvalue weighted by Crippen LogP contribution is -2.06. The first-order valence-electron chi connectivity index (χ1n) is 5.66. The third-order valence-electron chi connectivity index (χ3n) is 2.29. The van der Waals surface area contributed by atoms with Gasteiger partial charge < -0.3 is 4.74 Å². The van der Waals surface area contributed by atoms with Crippen LogP contribution in [0.4, 0.5) is 0 Å². The Morgan fingerprint density at radius 3 is 2.81 bits per heavy atom.